The summed E-state index contributed by atoms with van der Waals surface area (Å²) in [6.07, 6.45) is 3.55. The minimum atomic E-state index is -0.727. The summed E-state index contributed by atoms with van der Waals surface area (Å²) in [5.41, 5.74) is -1.00. The van der Waals surface area contributed by atoms with E-state index in [4.69, 9.17) is 0 Å². The average Bonchev–Trinajstić information content (AvgIpc) is 2.31. The number of amides is 1. The van der Waals surface area contributed by atoms with E-state index in [0.717, 1.165) is 25.7 Å². The third-order valence-corrected chi connectivity index (χ3v) is 4.30. The molecule has 0 aliphatic heterocycles. The van der Waals surface area contributed by atoms with Crippen molar-refractivity contribution in [1.82, 2.24) is 10.6 Å². The van der Waals surface area contributed by atoms with Crippen LogP contribution in [0.3, 0.4) is 0 Å². The maximum atomic E-state index is 11.9. The highest BCUT2D eigenvalue weighted by Gasteiger charge is 2.37. The van der Waals surface area contributed by atoms with Crippen LogP contribution in [0.15, 0.2) is 0 Å². The zero-order valence-corrected chi connectivity index (χ0v) is 12.4. The molecule has 106 valence electrons. The highest BCUT2D eigenvalue weighted by molar-refractivity contribution is 5.85. The Kier molecular flexibility index (Phi) is 4.44. The van der Waals surface area contributed by atoms with Crippen LogP contribution in [0.1, 0.15) is 53.4 Å². The third kappa shape index (κ3) is 3.95. The van der Waals surface area contributed by atoms with Gasteiger partial charge >= 0.3 is 0 Å². The Hall–Kier alpha value is -0.610. The Morgan fingerprint density at radius 2 is 1.72 bits per heavy atom. The van der Waals surface area contributed by atoms with Crippen LogP contribution < -0.4 is 10.6 Å². The number of carbonyl (C=O) groups excluding carboxylic acids is 1. The minimum absolute atomic E-state index is 0.0664. The average molecular weight is 256 g/mol. The molecule has 0 aromatic carbocycles. The Balaban J connectivity index is 2.47. The molecule has 18 heavy (non-hydrogen) atoms. The quantitative estimate of drug-likeness (QED) is 0.713. The second-order valence-corrected chi connectivity index (χ2v) is 6.95. The van der Waals surface area contributed by atoms with Crippen LogP contribution in [0.2, 0.25) is 0 Å². The molecule has 0 aromatic heterocycles. The van der Waals surface area contributed by atoms with E-state index in [1.165, 1.54) is 0 Å². The molecule has 1 aliphatic rings. The van der Waals surface area contributed by atoms with Crippen molar-refractivity contribution in [3.63, 3.8) is 0 Å². The van der Waals surface area contributed by atoms with Gasteiger partial charge in [0.15, 0.2) is 0 Å². The van der Waals surface area contributed by atoms with E-state index in [-0.39, 0.29) is 5.91 Å². The third-order valence-electron chi connectivity index (χ3n) is 4.30. The molecule has 0 bridgehead atoms. The van der Waals surface area contributed by atoms with E-state index < -0.39 is 11.1 Å². The van der Waals surface area contributed by atoms with Gasteiger partial charge in [-0.1, -0.05) is 13.8 Å². The van der Waals surface area contributed by atoms with Crippen LogP contribution in [0.25, 0.3) is 0 Å². The van der Waals surface area contributed by atoms with Crippen molar-refractivity contribution in [3.05, 3.63) is 0 Å². The summed E-state index contributed by atoms with van der Waals surface area (Å²) in [7, 11) is 1.76. The molecule has 1 rings (SSSR count). The van der Waals surface area contributed by atoms with Crippen LogP contribution in [-0.4, -0.2) is 35.7 Å². The van der Waals surface area contributed by atoms with Crippen LogP contribution in [0.5, 0.6) is 0 Å². The van der Waals surface area contributed by atoms with Crippen LogP contribution in [-0.2, 0) is 4.79 Å². The van der Waals surface area contributed by atoms with Crippen molar-refractivity contribution in [2.24, 2.45) is 5.41 Å². The van der Waals surface area contributed by atoms with E-state index >= 15 is 0 Å². The number of carbonyl (C=O) groups is 1. The molecule has 0 heterocycles. The number of aliphatic hydroxyl groups is 1. The molecule has 1 aliphatic carbocycles. The molecule has 4 nitrogen and oxygen atoms in total. The fraction of sp³-hybridized carbons (Fsp3) is 0.929. The normalized spacial score (nSPS) is 22.6. The van der Waals surface area contributed by atoms with Crippen molar-refractivity contribution in [2.75, 3.05) is 13.6 Å². The molecule has 1 saturated carbocycles. The highest BCUT2D eigenvalue weighted by atomic mass is 16.3. The first-order valence-corrected chi connectivity index (χ1v) is 6.80. The number of hydrogen-bond donors (Lipinski definition) is 3. The van der Waals surface area contributed by atoms with E-state index in [1.807, 2.05) is 13.8 Å². The van der Waals surface area contributed by atoms with Gasteiger partial charge in [-0.3, -0.25) is 4.79 Å². The van der Waals surface area contributed by atoms with Gasteiger partial charge in [-0.2, -0.15) is 0 Å². The number of nitrogens with one attached hydrogen (secondary N) is 2. The SMILES string of the molecule is CNC(C)(C)C(=O)NCC1(O)CCC(C)(C)CC1. The predicted octanol–water partition coefficient (Wildman–Crippen LogP) is 1.43. The van der Waals surface area contributed by atoms with Gasteiger partial charge in [0.25, 0.3) is 0 Å². The maximum absolute atomic E-state index is 11.9. The van der Waals surface area contributed by atoms with Crippen molar-refractivity contribution in [3.8, 4) is 0 Å². The Morgan fingerprint density at radius 1 is 1.22 bits per heavy atom. The molecule has 4 heteroatoms. The smallest absolute Gasteiger partial charge is 0.239 e. The van der Waals surface area contributed by atoms with Gasteiger partial charge < -0.3 is 15.7 Å². The molecule has 0 spiro atoms. The lowest BCUT2D eigenvalue weighted by Crippen LogP contribution is -2.55. The Morgan fingerprint density at radius 3 is 2.17 bits per heavy atom. The number of rotatable bonds is 4. The van der Waals surface area contributed by atoms with Crippen molar-refractivity contribution in [1.29, 1.82) is 0 Å². The lowest BCUT2D eigenvalue weighted by molar-refractivity contribution is -0.128. The first-order valence-electron chi connectivity index (χ1n) is 6.80. The van der Waals surface area contributed by atoms with E-state index in [2.05, 4.69) is 24.5 Å². The molecule has 0 aromatic rings. The first kappa shape index (κ1) is 15.4. The van der Waals surface area contributed by atoms with Gasteiger partial charge in [0.05, 0.1) is 11.1 Å². The molecule has 0 radical (unpaired) electrons. The predicted molar refractivity (Wildman–Crippen MR) is 73.3 cm³/mol. The van der Waals surface area contributed by atoms with Gasteiger partial charge in [0.1, 0.15) is 0 Å². The summed E-state index contributed by atoms with van der Waals surface area (Å²) in [4.78, 5) is 11.9. The lowest BCUT2D eigenvalue weighted by atomic mass is 9.71. The molecule has 1 amide bonds. The summed E-state index contributed by atoms with van der Waals surface area (Å²) in [6.45, 7) is 8.48. The van der Waals surface area contributed by atoms with Crippen molar-refractivity contribution in [2.45, 2.75) is 64.5 Å². The standard InChI is InChI=1S/C14H28N2O2/c1-12(2)6-8-14(18,9-7-12)10-16-11(17)13(3,4)15-5/h15,18H,6-10H2,1-5H3,(H,16,17). The topological polar surface area (TPSA) is 61.4 Å². The van der Waals surface area contributed by atoms with Crippen molar-refractivity contribution < 1.29 is 9.90 Å². The Bertz CT molecular complexity index is 301. The molecular formula is C14H28N2O2. The minimum Gasteiger partial charge on any atom is -0.388 e. The lowest BCUT2D eigenvalue weighted by Gasteiger charge is -2.40. The molecular weight excluding hydrogens is 228 g/mol. The number of likely N-dealkylation sites (N-methyl/N-ethyl adjacent to an activating group) is 1. The molecule has 3 N–H and O–H groups in total. The summed E-state index contributed by atoms with van der Waals surface area (Å²) in [5, 5.41) is 16.3. The van der Waals surface area contributed by atoms with Crippen LogP contribution >= 0.6 is 0 Å². The second kappa shape index (κ2) is 5.17. The molecule has 1 fully saturated rings. The fourth-order valence-electron chi connectivity index (χ4n) is 2.15. The monoisotopic (exact) mass is 256 g/mol. The first-order chi connectivity index (χ1) is 8.10. The fourth-order valence-corrected chi connectivity index (χ4v) is 2.15. The summed E-state index contributed by atoms with van der Waals surface area (Å²) in [5.74, 6) is -0.0664. The van der Waals surface area contributed by atoms with Gasteiger partial charge in [-0.25, -0.2) is 0 Å². The highest BCUT2D eigenvalue weighted by Crippen LogP contribution is 2.39. The van der Waals surface area contributed by atoms with Crippen molar-refractivity contribution >= 4 is 5.91 Å². The number of hydrogen-bond acceptors (Lipinski definition) is 3. The van der Waals surface area contributed by atoms with E-state index in [1.54, 1.807) is 7.05 Å². The summed E-state index contributed by atoms with van der Waals surface area (Å²) in [6, 6.07) is 0. The summed E-state index contributed by atoms with van der Waals surface area (Å²) < 4.78 is 0. The maximum Gasteiger partial charge on any atom is 0.239 e. The second-order valence-electron chi connectivity index (χ2n) is 6.95. The van der Waals surface area contributed by atoms with Gasteiger partial charge in [-0.15, -0.1) is 0 Å². The van der Waals surface area contributed by atoms with E-state index in [9.17, 15) is 9.90 Å². The molecule has 0 atom stereocenters. The summed E-state index contributed by atoms with van der Waals surface area (Å²) >= 11 is 0. The zero-order valence-electron chi connectivity index (χ0n) is 12.4. The van der Waals surface area contributed by atoms with E-state index in [0.29, 0.717) is 12.0 Å². The van der Waals surface area contributed by atoms with Gasteiger partial charge in [0, 0.05) is 6.54 Å². The van der Waals surface area contributed by atoms with Gasteiger partial charge in [-0.05, 0) is 52.0 Å². The van der Waals surface area contributed by atoms with Crippen LogP contribution in [0.4, 0.5) is 0 Å². The molecule has 0 unspecified atom stereocenters. The van der Waals surface area contributed by atoms with Gasteiger partial charge in [0.2, 0.25) is 5.91 Å². The van der Waals surface area contributed by atoms with Crippen LogP contribution in [0, 0.1) is 5.41 Å². The zero-order chi connectivity index (χ0) is 14.0. The molecule has 0 saturated heterocycles. The largest absolute Gasteiger partial charge is 0.388 e. The Labute approximate surface area is 111 Å².